The van der Waals surface area contributed by atoms with Crippen LogP contribution in [0.3, 0.4) is 0 Å². The van der Waals surface area contributed by atoms with Crippen LogP contribution in [0.15, 0.2) is 187 Å². The van der Waals surface area contributed by atoms with Crippen LogP contribution < -0.4 is 82.7 Å². The number of nitrogen functional groups attached to an aromatic ring is 1. The number of aromatic nitrogens is 6. The van der Waals surface area contributed by atoms with Gasteiger partial charge in [0.15, 0.2) is 51.6 Å². The Bertz CT molecular complexity index is 6220. The molecule has 3 aromatic heterocycles. The van der Waals surface area contributed by atoms with Gasteiger partial charge in [-0.3, -0.25) is 52.3 Å². The fourth-order valence-electron chi connectivity index (χ4n) is 11.8. The molecule has 0 saturated heterocycles. The van der Waals surface area contributed by atoms with E-state index >= 15 is 0 Å². The summed E-state index contributed by atoms with van der Waals surface area (Å²) < 4.78 is 186. The maximum absolute atomic E-state index is 13.4. The van der Waals surface area contributed by atoms with Gasteiger partial charge >= 0.3 is 65.6 Å². The number of carbonyl (C=O) groups is 6. The van der Waals surface area contributed by atoms with Crippen LogP contribution in [0.2, 0.25) is 0 Å². The van der Waals surface area contributed by atoms with Crippen LogP contribution in [-0.4, -0.2) is 159 Å². The van der Waals surface area contributed by atoms with Gasteiger partial charge in [-0.15, -0.1) is 0 Å². The summed E-state index contributed by atoms with van der Waals surface area (Å²) >= 11 is 3.14. The van der Waals surface area contributed by atoms with Crippen LogP contribution in [0, 0.1) is 20.8 Å². The first-order chi connectivity index (χ1) is 62.8. The highest BCUT2D eigenvalue weighted by atomic mass is 79.9. The van der Waals surface area contributed by atoms with E-state index in [0.717, 1.165) is 62.8 Å². The zero-order chi connectivity index (χ0) is 99.7. The smallest absolute Gasteiger partial charge is 0.416 e. The van der Waals surface area contributed by atoms with Gasteiger partial charge in [0.05, 0.1) is 137 Å². The van der Waals surface area contributed by atoms with Gasteiger partial charge in [0.25, 0.3) is 22.6 Å². The molecule has 10 aromatic rings. The molecule has 0 unspecified atom stereocenters. The molecule has 0 atom stereocenters. The highest BCUT2D eigenvalue weighted by molar-refractivity contribution is 9.08. The molecule has 0 aliphatic heterocycles. The number of benzene rings is 7. The van der Waals surface area contributed by atoms with Crippen molar-refractivity contribution < 1.29 is 135 Å². The molecule has 3 heterocycles. The zero-order valence-corrected chi connectivity index (χ0v) is 75.9. The summed E-state index contributed by atoms with van der Waals surface area (Å²) in [4.78, 5) is 148. The molecule has 0 aliphatic carbocycles. The topological polar surface area (TPSA) is 424 Å². The summed E-state index contributed by atoms with van der Waals surface area (Å²) in [5.74, 6) is -1.68. The molecule has 0 spiro atoms. The average molecular weight is 1940 g/mol. The fourth-order valence-corrected chi connectivity index (χ4v) is 12.4. The predicted octanol–water partition coefficient (Wildman–Crippen LogP) is 13.3. The summed E-state index contributed by atoms with van der Waals surface area (Å²) in [5.41, 5.74) is -1.81. The number of hydrogen-bond donors (Lipinski definition) is 4. The Morgan fingerprint density at radius 2 is 0.782 bits per heavy atom. The fraction of sp³-hybridized carbons (Fsp3) is 0.303. The molecule has 716 valence electrons. The molecule has 0 bridgehead atoms. The predicted molar refractivity (Wildman–Crippen MR) is 468 cm³/mol. The molecule has 0 aliphatic rings. The van der Waals surface area contributed by atoms with Crippen molar-refractivity contribution in [1.82, 2.24) is 33.1 Å². The van der Waals surface area contributed by atoms with E-state index in [-0.39, 0.29) is 83.7 Å². The van der Waals surface area contributed by atoms with Crippen molar-refractivity contribution in [3.63, 3.8) is 0 Å². The summed E-state index contributed by atoms with van der Waals surface area (Å²) in [5, 5.41) is 11.8. The van der Waals surface area contributed by atoms with Gasteiger partial charge in [0.1, 0.15) is 23.0 Å². The van der Waals surface area contributed by atoms with E-state index in [1.165, 1.54) is 124 Å². The van der Waals surface area contributed by atoms with Crippen molar-refractivity contribution in [2.45, 2.75) is 92.3 Å². The van der Waals surface area contributed by atoms with Gasteiger partial charge in [-0.2, -0.15) is 39.5 Å². The summed E-state index contributed by atoms with van der Waals surface area (Å²) in [6.07, 6.45) is -10.4. The molecule has 5 N–H and O–H groups in total. The highest BCUT2D eigenvalue weighted by Gasteiger charge is 2.36. The van der Waals surface area contributed by atoms with Crippen LogP contribution >= 0.6 is 15.9 Å². The third-order valence-electron chi connectivity index (χ3n) is 18.5. The second-order valence-corrected chi connectivity index (χ2v) is 27.2. The number of carboxylic acids is 1. The number of halogens is 10. The van der Waals surface area contributed by atoms with E-state index in [0.29, 0.717) is 71.5 Å². The molecule has 44 heteroatoms. The van der Waals surface area contributed by atoms with E-state index in [9.17, 15) is 102 Å². The van der Waals surface area contributed by atoms with Gasteiger partial charge < -0.3 is 72.4 Å². The largest absolute Gasteiger partial charge is 0.500 e. The second-order valence-electron chi connectivity index (χ2n) is 26.6. The first kappa shape index (κ1) is 109. The van der Waals surface area contributed by atoms with Gasteiger partial charge in [-0.05, 0) is 156 Å². The second kappa shape index (κ2) is 50.2. The Morgan fingerprint density at radius 1 is 0.436 bits per heavy atom. The molecular weight excluding hydrogens is 1850 g/mol. The maximum atomic E-state index is 13.4. The monoisotopic (exact) mass is 1940 g/mol. The third-order valence-corrected chi connectivity index (χ3v) is 19.1. The zero-order valence-electron chi connectivity index (χ0n) is 74.3. The number of H-pyrrole nitrogens is 1. The first-order valence-electron chi connectivity index (χ1n) is 39.2. The number of aromatic carboxylic acids is 1. The molecule has 34 nitrogen and oxygen atoms in total. The number of alkyl halides is 10. The van der Waals surface area contributed by atoms with Crippen molar-refractivity contribution in [2.24, 2.45) is 0 Å². The van der Waals surface area contributed by atoms with Crippen LogP contribution in [0.4, 0.5) is 50.0 Å². The first-order valence-corrected chi connectivity index (χ1v) is 40.3. The Morgan fingerprint density at radius 3 is 1.15 bits per heavy atom. The number of hydrogen-bond acceptors (Lipinski definition) is 26. The van der Waals surface area contributed by atoms with E-state index in [2.05, 4.69) is 30.4 Å². The number of anilines is 1. The van der Waals surface area contributed by atoms with Crippen molar-refractivity contribution in [3.05, 3.63) is 287 Å². The lowest BCUT2D eigenvalue weighted by atomic mass is 10.0. The minimum atomic E-state index is -4.63. The van der Waals surface area contributed by atoms with Crippen molar-refractivity contribution in [1.29, 1.82) is 0 Å². The molecular formula is C89H94BrF9N8O26. The number of aromatic amines is 1. The number of nitrogens with one attached hydrogen (secondary N) is 2. The van der Waals surface area contributed by atoms with Gasteiger partial charge in [0.2, 0.25) is 0 Å². The number of carbonyl (C=O) groups excluding carboxylic acids is 5. The summed E-state index contributed by atoms with van der Waals surface area (Å²) in [6, 6.07) is 29.9. The number of alkyl carbamates (subject to hydrolysis) is 1. The van der Waals surface area contributed by atoms with E-state index < -0.39 is 135 Å². The Hall–Kier alpha value is -15.0. The number of esters is 3. The lowest BCUT2D eigenvalue weighted by Crippen LogP contribution is -2.42. The molecule has 2 amide bonds. The number of amides is 2. The third kappa shape index (κ3) is 29.0. The number of carboxylic acid groups (broad SMARTS) is 1. The Labute approximate surface area is 760 Å². The maximum Gasteiger partial charge on any atom is 0.416 e. The van der Waals surface area contributed by atoms with E-state index in [1.54, 1.807) is 91.3 Å². The molecule has 7 aromatic carbocycles. The van der Waals surface area contributed by atoms with Crippen LogP contribution in [-0.2, 0) is 70.2 Å². The van der Waals surface area contributed by atoms with E-state index in [1.807, 2.05) is 5.32 Å². The number of methoxy groups -OCH3 is 8. The Balaban J connectivity index is 0.000000295. The van der Waals surface area contributed by atoms with Gasteiger partial charge in [-0.25, -0.2) is 38.4 Å². The van der Waals surface area contributed by atoms with Crippen molar-refractivity contribution >= 4 is 57.5 Å². The van der Waals surface area contributed by atoms with Crippen molar-refractivity contribution in [3.8, 4) is 63.1 Å². The van der Waals surface area contributed by atoms with Crippen LogP contribution in [0.5, 0.6) is 46.0 Å². The lowest BCUT2D eigenvalue weighted by Gasteiger charge is -2.17. The van der Waals surface area contributed by atoms with Gasteiger partial charge in [-0.1, -0.05) is 52.3 Å². The molecule has 0 fully saturated rings. The quantitative estimate of drug-likeness (QED) is 0.00427. The lowest BCUT2D eigenvalue weighted by molar-refractivity contribution is -0.141. The number of ether oxygens (including phenoxy) is 13. The number of imide groups is 1. The van der Waals surface area contributed by atoms with Crippen LogP contribution in [0.25, 0.3) is 17.1 Å². The summed E-state index contributed by atoms with van der Waals surface area (Å²) in [6.45, 7) is 11.5. The van der Waals surface area contributed by atoms with Crippen LogP contribution in [0.1, 0.15) is 116 Å². The summed E-state index contributed by atoms with van der Waals surface area (Å²) in [7, 11) is 11.7. The molecule has 0 saturated carbocycles. The minimum absolute atomic E-state index is 0.0273. The standard InChI is InChI=1S/C24H23F3N2O6.C22H19F3N2O6.C15H16N2O6.C11H17NO6.C9H8BrF3.C8H11NO2/c1-5-35-22(31)17-13-28(16-9-10-19(33-3)20(11-16)34-4)23(32)29(21(17)30)12-15-7-6-8-18(14(15)2)24(25,26)27;1-12-13(5-4-6-16(12)22(23,24)25)10-27-19(28)15(20(29)30)11-26(21(27)31)14-7-8-17(32-2)18(9-14)33-3;1-4-23-14(19)10-8-17(15(20)16-13(10)18)9-5-6-11(21-2)12(7-9)22-3;1-4-16-7-8(10(14)17-5-2)9(13)12-11(15)18-6-3;1-6-7(5-10)3-2-4-8(6)9(11,12)13;1-10-7-4-3-6(9)5-8(7)11-2/h6-11,13H,5,12H2,1-4H3;4-9,11H,10H2,1-3H3,(H,29,30);5-8H,4H2,1-3H3,(H,16,18,20);7H,4-6H2,1-3H3,(H,12,13,15);2-4H,5H2,1H3;3-5H,9H2,1-2H3/b;;;8-7+;;. The molecule has 0 radical (unpaired) electrons. The minimum Gasteiger partial charge on any atom is -0.500 e. The highest BCUT2D eigenvalue weighted by Crippen LogP contribution is 2.38. The van der Waals surface area contributed by atoms with Crippen molar-refractivity contribution in [2.75, 3.05) is 95.6 Å². The number of rotatable bonds is 27. The van der Waals surface area contributed by atoms with E-state index in [4.69, 9.17) is 57.8 Å². The average Bonchev–Trinajstić information content (AvgIpc) is 0.767. The number of nitrogens with two attached hydrogens (primary N) is 1. The SMILES string of the molecule is CCO/C=C(\C(=O)NC(=O)OCC)C(=O)OCC.CCOC(=O)c1cn(-c2ccc(OC)c(OC)c2)c(=O)[nH]c1=O.CCOC(=O)c1cn(-c2ccc(OC)c(OC)c2)c(=O)n(Cc2cccc(C(F)(F)F)c2C)c1=O.COc1ccc(-n2cc(C(=O)O)c(=O)n(Cc3cccc(C(F)(F)F)c3C)c2=O)cc1OC.COc1ccc(N)cc1OC.Cc1c(CBr)cccc1C(F)(F)F. The Kier molecular flexibility index (Phi) is 41.0. The normalized spacial score (nSPS) is 10.9. The number of nitrogens with zero attached hydrogens (tertiary/aromatic N) is 5. The van der Waals surface area contributed by atoms with Gasteiger partial charge in [0, 0.05) is 53.9 Å². The molecule has 10 rings (SSSR count). The molecule has 133 heavy (non-hydrogen) atoms.